The quantitative estimate of drug-likeness (QED) is 0.825. The molecule has 1 aliphatic rings. The van der Waals surface area contributed by atoms with Crippen molar-refractivity contribution < 1.29 is 14.6 Å². The van der Waals surface area contributed by atoms with Crippen molar-refractivity contribution in [2.24, 2.45) is 0 Å². The Labute approximate surface area is 127 Å². The Bertz CT molecular complexity index is 487. The van der Waals surface area contributed by atoms with E-state index in [1.54, 1.807) is 0 Å². The summed E-state index contributed by atoms with van der Waals surface area (Å²) in [5.41, 5.74) is 1.86. The first-order valence-corrected chi connectivity index (χ1v) is 7.88. The van der Waals surface area contributed by atoms with E-state index in [2.05, 4.69) is 45.9 Å². The van der Waals surface area contributed by atoms with Crippen LogP contribution >= 0.6 is 0 Å². The maximum absolute atomic E-state index is 11.2. The Hall–Kier alpha value is -1.51. The highest BCUT2D eigenvalue weighted by molar-refractivity contribution is 5.68. The van der Waals surface area contributed by atoms with Gasteiger partial charge in [0.05, 0.1) is 6.42 Å². The summed E-state index contributed by atoms with van der Waals surface area (Å²) in [5.74, 6) is 0.868. The molecule has 1 fully saturated rings. The third kappa shape index (κ3) is 3.39. The molecule has 3 nitrogen and oxygen atoms in total. The lowest BCUT2D eigenvalue weighted by Gasteiger charge is -2.42. The second-order valence-corrected chi connectivity index (χ2v) is 6.78. The van der Waals surface area contributed by atoms with E-state index in [0.29, 0.717) is 11.8 Å². The van der Waals surface area contributed by atoms with Crippen molar-refractivity contribution in [3.8, 4) is 5.75 Å². The summed E-state index contributed by atoms with van der Waals surface area (Å²) in [6.45, 7) is 8.60. The maximum atomic E-state index is 11.2. The van der Waals surface area contributed by atoms with Crippen molar-refractivity contribution in [3.05, 3.63) is 29.3 Å². The molecule has 0 atom stereocenters. The van der Waals surface area contributed by atoms with Gasteiger partial charge in [0.25, 0.3) is 0 Å². The highest BCUT2D eigenvalue weighted by Crippen LogP contribution is 2.44. The largest absolute Gasteiger partial charge is 0.486 e. The second-order valence-electron chi connectivity index (χ2n) is 6.78. The van der Waals surface area contributed by atoms with Gasteiger partial charge in [-0.1, -0.05) is 45.9 Å². The predicted molar refractivity (Wildman–Crippen MR) is 84.1 cm³/mol. The van der Waals surface area contributed by atoms with E-state index in [1.807, 2.05) is 0 Å². The average Bonchev–Trinajstić information content (AvgIpc) is 2.35. The van der Waals surface area contributed by atoms with Gasteiger partial charge in [-0.2, -0.15) is 0 Å². The molecule has 1 aromatic carbocycles. The summed E-state index contributed by atoms with van der Waals surface area (Å²) in [6, 6.07) is 6.26. The molecule has 2 rings (SSSR count). The number of ether oxygens (including phenoxy) is 1. The van der Waals surface area contributed by atoms with Crippen molar-refractivity contribution in [3.63, 3.8) is 0 Å². The fourth-order valence-corrected chi connectivity index (χ4v) is 2.98. The topological polar surface area (TPSA) is 46.5 Å². The molecule has 0 unspecified atom stereocenters. The van der Waals surface area contributed by atoms with Gasteiger partial charge in [-0.3, -0.25) is 4.79 Å². The number of carbonyl (C=O) groups is 1. The number of rotatable bonds is 6. The fraction of sp³-hybridized carbons (Fsp3) is 0.611. The standard InChI is InChI=1S/C18H26O3/c1-12(2)14-7-5-8-15(13(3)4)17(14)21-18(9-6-10-18)11-16(19)20/h5,7-8,12-13H,6,9-11H2,1-4H3,(H,19,20). The summed E-state index contributed by atoms with van der Waals surface area (Å²) in [6.07, 6.45) is 2.82. The number of carboxylic acids is 1. The van der Waals surface area contributed by atoms with E-state index in [-0.39, 0.29) is 6.42 Å². The number of hydrogen-bond acceptors (Lipinski definition) is 2. The SMILES string of the molecule is CC(C)c1cccc(C(C)C)c1OC1(CC(=O)O)CCC1. The predicted octanol–water partition coefficient (Wildman–Crippen LogP) is 4.71. The number of hydrogen-bond donors (Lipinski definition) is 1. The molecule has 0 spiro atoms. The Kier molecular flexibility index (Phi) is 4.60. The summed E-state index contributed by atoms with van der Waals surface area (Å²) in [5, 5.41) is 9.17. The molecule has 21 heavy (non-hydrogen) atoms. The summed E-state index contributed by atoms with van der Waals surface area (Å²) in [4.78, 5) is 11.2. The van der Waals surface area contributed by atoms with Gasteiger partial charge < -0.3 is 9.84 Å². The number of benzene rings is 1. The Morgan fingerprint density at radius 1 is 1.19 bits per heavy atom. The third-order valence-electron chi connectivity index (χ3n) is 4.38. The number of aliphatic carboxylic acids is 1. The first-order chi connectivity index (χ1) is 9.84. The Morgan fingerprint density at radius 3 is 2.05 bits per heavy atom. The third-order valence-corrected chi connectivity index (χ3v) is 4.38. The normalized spacial score (nSPS) is 16.9. The first-order valence-electron chi connectivity index (χ1n) is 7.88. The zero-order chi connectivity index (χ0) is 15.6. The smallest absolute Gasteiger partial charge is 0.307 e. The molecular weight excluding hydrogens is 264 g/mol. The Morgan fingerprint density at radius 2 is 1.71 bits per heavy atom. The molecular formula is C18H26O3. The van der Waals surface area contributed by atoms with Gasteiger partial charge in [0.15, 0.2) is 0 Å². The average molecular weight is 290 g/mol. The van der Waals surface area contributed by atoms with E-state index in [4.69, 9.17) is 9.84 Å². The van der Waals surface area contributed by atoms with Gasteiger partial charge in [0.1, 0.15) is 11.4 Å². The van der Waals surface area contributed by atoms with Crippen LogP contribution < -0.4 is 4.74 Å². The zero-order valence-corrected chi connectivity index (χ0v) is 13.5. The Balaban J connectivity index is 2.39. The molecule has 0 aromatic heterocycles. The van der Waals surface area contributed by atoms with Crippen LogP contribution in [0.4, 0.5) is 0 Å². The van der Waals surface area contributed by atoms with Crippen LogP contribution in [-0.4, -0.2) is 16.7 Å². The van der Waals surface area contributed by atoms with Crippen molar-refractivity contribution >= 4 is 5.97 Å². The number of carboxylic acid groups (broad SMARTS) is 1. The van der Waals surface area contributed by atoms with Crippen LogP contribution in [0.5, 0.6) is 5.75 Å². The van der Waals surface area contributed by atoms with Crippen molar-refractivity contribution in [1.82, 2.24) is 0 Å². The van der Waals surface area contributed by atoms with E-state index in [1.165, 1.54) is 11.1 Å². The maximum Gasteiger partial charge on any atom is 0.307 e. The van der Waals surface area contributed by atoms with Gasteiger partial charge in [0, 0.05) is 0 Å². The number of para-hydroxylation sites is 1. The molecule has 1 aromatic rings. The van der Waals surface area contributed by atoms with Crippen molar-refractivity contribution in [2.75, 3.05) is 0 Å². The minimum absolute atomic E-state index is 0.0942. The van der Waals surface area contributed by atoms with Crippen LogP contribution in [0.2, 0.25) is 0 Å². The lowest BCUT2D eigenvalue weighted by molar-refractivity contribution is -0.144. The molecule has 3 heteroatoms. The molecule has 1 N–H and O–H groups in total. The summed E-state index contributed by atoms with van der Waals surface area (Å²) in [7, 11) is 0. The van der Waals surface area contributed by atoms with E-state index in [0.717, 1.165) is 25.0 Å². The zero-order valence-electron chi connectivity index (χ0n) is 13.5. The van der Waals surface area contributed by atoms with Crippen LogP contribution in [0.15, 0.2) is 18.2 Å². The van der Waals surface area contributed by atoms with Gasteiger partial charge >= 0.3 is 5.97 Å². The lowest BCUT2D eigenvalue weighted by Crippen LogP contribution is -2.45. The molecule has 0 aliphatic heterocycles. The minimum Gasteiger partial charge on any atom is -0.486 e. The van der Waals surface area contributed by atoms with Crippen LogP contribution in [0, 0.1) is 0 Å². The molecule has 0 radical (unpaired) electrons. The highest BCUT2D eigenvalue weighted by Gasteiger charge is 2.42. The molecule has 1 aliphatic carbocycles. The van der Waals surface area contributed by atoms with E-state index < -0.39 is 11.6 Å². The van der Waals surface area contributed by atoms with Gasteiger partial charge in [0.2, 0.25) is 0 Å². The second kappa shape index (κ2) is 6.08. The first kappa shape index (κ1) is 15.9. The molecule has 0 amide bonds. The van der Waals surface area contributed by atoms with Gasteiger partial charge in [-0.05, 0) is 42.2 Å². The fourth-order valence-electron chi connectivity index (χ4n) is 2.98. The molecule has 0 bridgehead atoms. The van der Waals surface area contributed by atoms with E-state index in [9.17, 15) is 4.79 Å². The summed E-state index contributed by atoms with van der Waals surface area (Å²) < 4.78 is 6.35. The van der Waals surface area contributed by atoms with Crippen molar-refractivity contribution in [1.29, 1.82) is 0 Å². The van der Waals surface area contributed by atoms with E-state index >= 15 is 0 Å². The molecule has 0 heterocycles. The van der Waals surface area contributed by atoms with Crippen LogP contribution in [0.3, 0.4) is 0 Å². The lowest BCUT2D eigenvalue weighted by atomic mass is 9.77. The molecule has 1 saturated carbocycles. The van der Waals surface area contributed by atoms with Crippen molar-refractivity contribution in [2.45, 2.75) is 70.8 Å². The molecule has 0 saturated heterocycles. The monoisotopic (exact) mass is 290 g/mol. The summed E-state index contributed by atoms with van der Waals surface area (Å²) >= 11 is 0. The van der Waals surface area contributed by atoms with Gasteiger partial charge in [-0.15, -0.1) is 0 Å². The van der Waals surface area contributed by atoms with Crippen LogP contribution in [0.25, 0.3) is 0 Å². The minimum atomic E-state index is -0.775. The van der Waals surface area contributed by atoms with Gasteiger partial charge in [-0.25, -0.2) is 0 Å². The highest BCUT2D eigenvalue weighted by atomic mass is 16.5. The van der Waals surface area contributed by atoms with Crippen LogP contribution in [0.1, 0.15) is 76.3 Å². The van der Waals surface area contributed by atoms with Crippen LogP contribution in [-0.2, 0) is 4.79 Å². The molecule has 116 valence electrons.